The molecule has 0 aliphatic carbocycles. The summed E-state index contributed by atoms with van der Waals surface area (Å²) in [6, 6.07) is 0. The molecule has 0 radical (unpaired) electrons. The Morgan fingerprint density at radius 3 is 3.15 bits per heavy atom. The van der Waals surface area contributed by atoms with Crippen molar-refractivity contribution in [2.24, 2.45) is 5.73 Å². The number of nitrogens with two attached hydrogens (primary N) is 1. The third kappa shape index (κ3) is 1.36. The van der Waals surface area contributed by atoms with E-state index in [1.54, 1.807) is 0 Å². The predicted octanol–water partition coefficient (Wildman–Crippen LogP) is 0.00740. The first-order chi connectivity index (χ1) is 6.36. The van der Waals surface area contributed by atoms with Crippen LogP contribution in [0.15, 0.2) is 0 Å². The van der Waals surface area contributed by atoms with Crippen LogP contribution in [0.3, 0.4) is 0 Å². The minimum atomic E-state index is 0.565. The number of fused-ring (bicyclic) bond motifs is 1. The first-order valence-electron chi connectivity index (χ1n) is 4.85. The second-order valence-electron chi connectivity index (χ2n) is 3.32. The van der Waals surface area contributed by atoms with Crippen molar-refractivity contribution >= 4 is 0 Å². The lowest BCUT2D eigenvalue weighted by Crippen LogP contribution is -2.25. The number of hydrogen-bond donors (Lipinski definition) is 2. The van der Waals surface area contributed by atoms with E-state index in [2.05, 4.69) is 22.0 Å². The molecule has 1 aliphatic heterocycles. The van der Waals surface area contributed by atoms with Crippen LogP contribution in [0.4, 0.5) is 0 Å². The van der Waals surface area contributed by atoms with E-state index in [4.69, 9.17) is 5.73 Å². The van der Waals surface area contributed by atoms with Crippen LogP contribution in [0.1, 0.15) is 23.9 Å². The Bertz CT molecular complexity index is 274. The van der Waals surface area contributed by atoms with Crippen LogP contribution in [0.5, 0.6) is 0 Å². The monoisotopic (exact) mass is 180 g/mol. The summed E-state index contributed by atoms with van der Waals surface area (Å²) in [6.45, 7) is 5.60. The first-order valence-corrected chi connectivity index (χ1v) is 4.85. The molecule has 0 amide bonds. The minimum Gasteiger partial charge on any atom is -0.325 e. The average molecular weight is 180 g/mol. The third-order valence-electron chi connectivity index (χ3n) is 2.59. The maximum Gasteiger partial charge on any atom is 0.0796 e. The van der Waals surface area contributed by atoms with Gasteiger partial charge in [0.1, 0.15) is 0 Å². The van der Waals surface area contributed by atoms with Crippen molar-refractivity contribution in [1.82, 2.24) is 15.1 Å². The zero-order valence-corrected chi connectivity index (χ0v) is 8.01. The van der Waals surface area contributed by atoms with Gasteiger partial charge in [0.15, 0.2) is 0 Å². The van der Waals surface area contributed by atoms with Crippen LogP contribution in [-0.2, 0) is 26.1 Å². The molecule has 0 spiro atoms. The second kappa shape index (κ2) is 3.47. The summed E-state index contributed by atoms with van der Waals surface area (Å²) in [5.41, 5.74) is 9.43. The fourth-order valence-electron chi connectivity index (χ4n) is 1.92. The molecule has 4 nitrogen and oxygen atoms in total. The van der Waals surface area contributed by atoms with Gasteiger partial charge in [-0.25, -0.2) is 0 Å². The molecule has 72 valence electrons. The highest BCUT2D eigenvalue weighted by Crippen LogP contribution is 2.17. The molecule has 1 aromatic rings. The van der Waals surface area contributed by atoms with E-state index in [9.17, 15) is 0 Å². The topological polar surface area (TPSA) is 55.9 Å². The summed E-state index contributed by atoms with van der Waals surface area (Å²) in [5, 5.41) is 7.83. The number of rotatable bonds is 2. The van der Waals surface area contributed by atoms with E-state index in [-0.39, 0.29) is 0 Å². The van der Waals surface area contributed by atoms with Gasteiger partial charge in [0, 0.05) is 25.2 Å². The zero-order valence-electron chi connectivity index (χ0n) is 8.01. The van der Waals surface area contributed by atoms with Crippen LogP contribution in [-0.4, -0.2) is 16.3 Å². The molecular weight excluding hydrogens is 164 g/mol. The molecule has 0 saturated heterocycles. The molecule has 0 fully saturated rings. The lowest BCUT2D eigenvalue weighted by Gasteiger charge is -2.14. The Balaban J connectivity index is 2.44. The second-order valence-corrected chi connectivity index (χ2v) is 3.32. The van der Waals surface area contributed by atoms with Crippen LogP contribution in [0.2, 0.25) is 0 Å². The lowest BCUT2D eigenvalue weighted by atomic mass is 10.1. The first kappa shape index (κ1) is 8.72. The van der Waals surface area contributed by atoms with Gasteiger partial charge in [0.2, 0.25) is 0 Å². The van der Waals surface area contributed by atoms with Crippen LogP contribution in [0, 0.1) is 0 Å². The molecule has 3 N–H and O–H groups in total. The summed E-state index contributed by atoms with van der Waals surface area (Å²) in [4.78, 5) is 0. The van der Waals surface area contributed by atoms with E-state index in [1.165, 1.54) is 11.3 Å². The quantitative estimate of drug-likeness (QED) is 0.674. The molecule has 0 atom stereocenters. The maximum absolute atomic E-state index is 5.65. The normalized spacial score (nSPS) is 15.8. The van der Waals surface area contributed by atoms with Gasteiger partial charge < -0.3 is 11.1 Å². The Labute approximate surface area is 78.1 Å². The predicted molar refractivity (Wildman–Crippen MR) is 51.2 cm³/mol. The van der Waals surface area contributed by atoms with Crippen molar-refractivity contribution in [2.45, 2.75) is 33.0 Å². The minimum absolute atomic E-state index is 0.565. The van der Waals surface area contributed by atoms with Gasteiger partial charge >= 0.3 is 0 Å². The Hall–Kier alpha value is -0.870. The van der Waals surface area contributed by atoms with E-state index in [1.807, 2.05) is 0 Å². The number of aryl methyl sites for hydroxylation is 1. The average Bonchev–Trinajstić information content (AvgIpc) is 2.56. The fourth-order valence-corrected chi connectivity index (χ4v) is 1.92. The molecule has 0 aromatic carbocycles. The van der Waals surface area contributed by atoms with E-state index < -0.39 is 0 Å². The van der Waals surface area contributed by atoms with Crippen LogP contribution >= 0.6 is 0 Å². The van der Waals surface area contributed by atoms with Crippen LogP contribution < -0.4 is 11.1 Å². The number of aromatic nitrogens is 2. The van der Waals surface area contributed by atoms with Crippen molar-refractivity contribution < 1.29 is 0 Å². The van der Waals surface area contributed by atoms with Gasteiger partial charge in [-0.1, -0.05) is 0 Å². The third-order valence-corrected chi connectivity index (χ3v) is 2.59. The Morgan fingerprint density at radius 1 is 1.62 bits per heavy atom. The summed E-state index contributed by atoms with van der Waals surface area (Å²) >= 11 is 0. The molecule has 13 heavy (non-hydrogen) atoms. The van der Waals surface area contributed by atoms with Crippen molar-refractivity contribution in [3.8, 4) is 0 Å². The molecule has 1 aromatic heterocycles. The molecular formula is C9H16N4. The summed E-state index contributed by atoms with van der Waals surface area (Å²) in [5.74, 6) is 0. The standard InChI is InChI=1S/C9H16N4/c1-2-13-9-6-11-4-3-7(9)8(5-10)12-13/h11H,2-6,10H2,1H3. The van der Waals surface area contributed by atoms with Crippen molar-refractivity contribution in [2.75, 3.05) is 6.54 Å². The van der Waals surface area contributed by atoms with Gasteiger partial charge in [-0.15, -0.1) is 0 Å². The van der Waals surface area contributed by atoms with Gasteiger partial charge in [-0.05, 0) is 19.9 Å². The molecule has 2 rings (SSSR count). The van der Waals surface area contributed by atoms with Gasteiger partial charge in [0.25, 0.3) is 0 Å². The summed E-state index contributed by atoms with van der Waals surface area (Å²) in [7, 11) is 0. The zero-order chi connectivity index (χ0) is 9.26. The highest BCUT2D eigenvalue weighted by atomic mass is 15.3. The molecule has 4 heteroatoms. The van der Waals surface area contributed by atoms with Crippen molar-refractivity contribution in [1.29, 1.82) is 0 Å². The van der Waals surface area contributed by atoms with E-state index in [0.717, 1.165) is 31.7 Å². The largest absolute Gasteiger partial charge is 0.325 e. The molecule has 1 aliphatic rings. The van der Waals surface area contributed by atoms with Crippen molar-refractivity contribution in [3.63, 3.8) is 0 Å². The van der Waals surface area contributed by atoms with Crippen molar-refractivity contribution in [3.05, 3.63) is 17.0 Å². The van der Waals surface area contributed by atoms with Gasteiger partial charge in [0.05, 0.1) is 11.4 Å². The summed E-state index contributed by atoms with van der Waals surface area (Å²) in [6.07, 6.45) is 1.07. The highest BCUT2D eigenvalue weighted by molar-refractivity contribution is 5.28. The molecule has 2 heterocycles. The van der Waals surface area contributed by atoms with E-state index in [0.29, 0.717) is 6.54 Å². The van der Waals surface area contributed by atoms with Gasteiger partial charge in [-0.2, -0.15) is 5.10 Å². The fraction of sp³-hybridized carbons (Fsp3) is 0.667. The SMILES string of the molecule is CCn1nc(CN)c2c1CNCC2. The number of nitrogens with one attached hydrogen (secondary N) is 1. The number of hydrogen-bond acceptors (Lipinski definition) is 3. The smallest absolute Gasteiger partial charge is 0.0796 e. The molecule has 0 saturated carbocycles. The maximum atomic E-state index is 5.65. The number of nitrogens with zero attached hydrogens (tertiary/aromatic N) is 2. The lowest BCUT2D eigenvalue weighted by molar-refractivity contribution is 0.559. The molecule has 0 bridgehead atoms. The summed E-state index contributed by atoms with van der Waals surface area (Å²) < 4.78 is 2.06. The Morgan fingerprint density at radius 2 is 2.46 bits per heavy atom. The van der Waals surface area contributed by atoms with Crippen LogP contribution in [0.25, 0.3) is 0 Å². The molecule has 0 unspecified atom stereocenters. The Kier molecular flexibility index (Phi) is 2.33. The van der Waals surface area contributed by atoms with Gasteiger partial charge in [-0.3, -0.25) is 4.68 Å². The highest BCUT2D eigenvalue weighted by Gasteiger charge is 2.18. The van der Waals surface area contributed by atoms with E-state index >= 15 is 0 Å².